The van der Waals surface area contributed by atoms with Crippen molar-refractivity contribution in [2.75, 3.05) is 41.8 Å². The van der Waals surface area contributed by atoms with E-state index in [0.717, 1.165) is 24.5 Å². The van der Waals surface area contributed by atoms with E-state index < -0.39 is 11.7 Å². The van der Waals surface area contributed by atoms with Crippen molar-refractivity contribution in [3.8, 4) is 5.75 Å². The second-order valence-electron chi connectivity index (χ2n) is 6.89. The molecule has 1 aliphatic heterocycles. The van der Waals surface area contributed by atoms with Gasteiger partial charge in [-0.25, -0.2) is 4.79 Å². The van der Waals surface area contributed by atoms with Crippen LogP contribution in [-0.4, -0.2) is 42.4 Å². The number of carbonyl (C=O) groups excluding carboxylic acids is 1. The Morgan fingerprint density at radius 1 is 1.13 bits per heavy atom. The fourth-order valence-corrected chi connectivity index (χ4v) is 3.21. The van der Waals surface area contributed by atoms with Crippen molar-refractivity contribution in [1.29, 1.82) is 0 Å². The zero-order valence-corrected chi connectivity index (χ0v) is 16.8. The summed E-state index contributed by atoms with van der Waals surface area (Å²) in [5, 5.41) is 5.73. The molecular weight excluding hydrogens is 398 g/mol. The van der Waals surface area contributed by atoms with Crippen molar-refractivity contribution in [3.63, 3.8) is 0 Å². The average Bonchev–Trinajstić information content (AvgIpc) is 2.81. The lowest BCUT2D eigenvalue weighted by atomic mass is 10.2. The molecule has 1 fully saturated rings. The molecule has 1 aromatic carbocycles. The standard InChI is InChI=1S/C22H23N5O4/c28-21-20(19(8-10-24-21)25-15-17-3-1-2-9-23-17)31-22(29)26-16-4-6-18(7-5-16)27-11-13-30-14-12-27/h1-10H,11-15H2,(H,26,29)(H2,24,25,28). The summed E-state index contributed by atoms with van der Waals surface area (Å²) in [7, 11) is 0. The molecule has 0 bridgehead atoms. The molecule has 0 atom stereocenters. The molecule has 0 radical (unpaired) electrons. The maximum Gasteiger partial charge on any atom is 0.417 e. The number of morpholine rings is 1. The molecule has 0 spiro atoms. The Morgan fingerprint density at radius 2 is 1.94 bits per heavy atom. The number of H-pyrrole nitrogens is 1. The molecule has 3 aromatic rings. The third-order valence-corrected chi connectivity index (χ3v) is 4.79. The van der Waals surface area contributed by atoms with Crippen molar-refractivity contribution < 1.29 is 14.3 Å². The number of nitrogens with zero attached hydrogens (tertiary/aromatic N) is 2. The number of hydrogen-bond donors (Lipinski definition) is 3. The van der Waals surface area contributed by atoms with Crippen LogP contribution in [0.1, 0.15) is 5.69 Å². The molecule has 3 N–H and O–H groups in total. The van der Waals surface area contributed by atoms with Crippen LogP contribution in [0.3, 0.4) is 0 Å². The van der Waals surface area contributed by atoms with Crippen LogP contribution in [0.25, 0.3) is 0 Å². The highest BCUT2D eigenvalue weighted by molar-refractivity contribution is 5.87. The Kier molecular flexibility index (Phi) is 6.44. The molecular formula is C22H23N5O4. The van der Waals surface area contributed by atoms with Crippen LogP contribution in [0.15, 0.2) is 65.7 Å². The number of aromatic amines is 1. The summed E-state index contributed by atoms with van der Waals surface area (Å²) in [6.45, 7) is 3.45. The zero-order chi connectivity index (χ0) is 21.5. The van der Waals surface area contributed by atoms with Crippen LogP contribution in [0.4, 0.5) is 21.9 Å². The van der Waals surface area contributed by atoms with Crippen molar-refractivity contribution in [3.05, 3.63) is 77.0 Å². The lowest BCUT2D eigenvalue weighted by Gasteiger charge is -2.28. The predicted octanol–water partition coefficient (Wildman–Crippen LogP) is 2.83. The second-order valence-corrected chi connectivity index (χ2v) is 6.89. The highest BCUT2D eigenvalue weighted by Crippen LogP contribution is 2.21. The van der Waals surface area contributed by atoms with Crippen LogP contribution in [0, 0.1) is 0 Å². The third kappa shape index (κ3) is 5.40. The summed E-state index contributed by atoms with van der Waals surface area (Å²) >= 11 is 0. The first-order chi connectivity index (χ1) is 15.2. The lowest BCUT2D eigenvalue weighted by Crippen LogP contribution is -2.36. The van der Waals surface area contributed by atoms with E-state index in [1.54, 1.807) is 24.4 Å². The van der Waals surface area contributed by atoms with Crippen molar-refractivity contribution in [2.24, 2.45) is 0 Å². The fourth-order valence-electron chi connectivity index (χ4n) is 3.21. The van der Waals surface area contributed by atoms with Gasteiger partial charge in [0, 0.05) is 36.9 Å². The van der Waals surface area contributed by atoms with Crippen LogP contribution < -0.4 is 25.8 Å². The smallest absolute Gasteiger partial charge is 0.402 e. The Morgan fingerprint density at radius 3 is 2.68 bits per heavy atom. The van der Waals surface area contributed by atoms with Gasteiger partial charge in [0.25, 0.3) is 5.56 Å². The first kappa shape index (κ1) is 20.4. The number of ether oxygens (including phenoxy) is 2. The van der Waals surface area contributed by atoms with Gasteiger partial charge in [-0.1, -0.05) is 6.07 Å². The summed E-state index contributed by atoms with van der Waals surface area (Å²) in [4.78, 5) is 33.6. The monoisotopic (exact) mass is 421 g/mol. The van der Waals surface area contributed by atoms with E-state index in [-0.39, 0.29) is 5.75 Å². The van der Waals surface area contributed by atoms with E-state index in [2.05, 4.69) is 25.5 Å². The SMILES string of the molecule is O=C(Nc1ccc(N2CCOCC2)cc1)Oc1c(NCc2ccccn2)cc[nH]c1=O. The Balaban J connectivity index is 1.39. The van der Waals surface area contributed by atoms with E-state index in [4.69, 9.17) is 9.47 Å². The summed E-state index contributed by atoms with van der Waals surface area (Å²) in [6, 6.07) is 14.6. The van der Waals surface area contributed by atoms with Gasteiger partial charge in [0.15, 0.2) is 0 Å². The fraction of sp³-hybridized carbons (Fsp3) is 0.227. The van der Waals surface area contributed by atoms with Crippen LogP contribution in [0.2, 0.25) is 0 Å². The van der Waals surface area contributed by atoms with E-state index in [9.17, 15) is 9.59 Å². The molecule has 9 heteroatoms. The molecule has 3 heterocycles. The topological polar surface area (TPSA) is 109 Å². The van der Waals surface area contributed by atoms with Gasteiger partial charge in [0.05, 0.1) is 31.1 Å². The summed E-state index contributed by atoms with van der Waals surface area (Å²) in [6.07, 6.45) is 2.42. The van der Waals surface area contributed by atoms with Gasteiger partial charge in [-0.2, -0.15) is 0 Å². The quantitative estimate of drug-likeness (QED) is 0.562. The number of nitrogens with one attached hydrogen (secondary N) is 3. The molecule has 1 aliphatic rings. The summed E-state index contributed by atoms with van der Waals surface area (Å²) in [5.41, 5.74) is 2.30. The third-order valence-electron chi connectivity index (χ3n) is 4.79. The lowest BCUT2D eigenvalue weighted by molar-refractivity contribution is 0.122. The van der Waals surface area contributed by atoms with Gasteiger partial charge in [-0.15, -0.1) is 0 Å². The minimum Gasteiger partial charge on any atom is -0.402 e. The number of hydrogen-bond acceptors (Lipinski definition) is 7. The van der Waals surface area contributed by atoms with Crippen LogP contribution in [-0.2, 0) is 11.3 Å². The largest absolute Gasteiger partial charge is 0.417 e. The van der Waals surface area contributed by atoms with E-state index in [1.807, 2.05) is 30.3 Å². The van der Waals surface area contributed by atoms with Crippen molar-refractivity contribution >= 4 is 23.2 Å². The predicted molar refractivity (Wildman–Crippen MR) is 118 cm³/mol. The highest BCUT2D eigenvalue weighted by Gasteiger charge is 2.15. The van der Waals surface area contributed by atoms with Gasteiger partial charge < -0.3 is 24.7 Å². The first-order valence-corrected chi connectivity index (χ1v) is 9.96. The van der Waals surface area contributed by atoms with Crippen LogP contribution >= 0.6 is 0 Å². The van der Waals surface area contributed by atoms with Crippen molar-refractivity contribution in [2.45, 2.75) is 6.54 Å². The van der Waals surface area contributed by atoms with Gasteiger partial charge >= 0.3 is 6.09 Å². The normalized spacial score (nSPS) is 13.5. The molecule has 9 nitrogen and oxygen atoms in total. The highest BCUT2D eigenvalue weighted by atomic mass is 16.6. The number of rotatable bonds is 6. The number of anilines is 3. The molecule has 0 saturated carbocycles. The molecule has 2 aromatic heterocycles. The number of pyridine rings is 2. The Hall–Kier alpha value is -3.85. The van der Waals surface area contributed by atoms with E-state index in [0.29, 0.717) is 31.1 Å². The maximum atomic E-state index is 12.4. The summed E-state index contributed by atoms with van der Waals surface area (Å²) in [5.74, 6) is -0.110. The van der Waals surface area contributed by atoms with Crippen molar-refractivity contribution in [1.82, 2.24) is 9.97 Å². The van der Waals surface area contributed by atoms with Gasteiger partial charge in [0.2, 0.25) is 5.75 Å². The zero-order valence-electron chi connectivity index (χ0n) is 16.8. The van der Waals surface area contributed by atoms with E-state index in [1.165, 1.54) is 6.20 Å². The molecule has 4 rings (SSSR count). The molecule has 160 valence electrons. The van der Waals surface area contributed by atoms with Crippen LogP contribution in [0.5, 0.6) is 5.75 Å². The van der Waals surface area contributed by atoms with Gasteiger partial charge in [0.1, 0.15) is 0 Å². The summed E-state index contributed by atoms with van der Waals surface area (Å²) < 4.78 is 10.7. The minimum atomic E-state index is -0.753. The molecule has 0 aliphatic carbocycles. The number of amides is 1. The van der Waals surface area contributed by atoms with Gasteiger partial charge in [-0.05, 0) is 42.5 Å². The average molecular weight is 421 g/mol. The minimum absolute atomic E-state index is 0.110. The Labute approximate surface area is 179 Å². The number of aromatic nitrogens is 2. The second kappa shape index (κ2) is 9.77. The number of carbonyl (C=O) groups is 1. The molecule has 1 amide bonds. The maximum absolute atomic E-state index is 12.4. The number of benzene rings is 1. The molecule has 0 unspecified atom stereocenters. The van der Waals surface area contributed by atoms with E-state index >= 15 is 0 Å². The van der Waals surface area contributed by atoms with Gasteiger partial charge in [-0.3, -0.25) is 15.1 Å². The molecule has 1 saturated heterocycles. The Bertz CT molecular complexity index is 1060. The molecule has 31 heavy (non-hydrogen) atoms. The first-order valence-electron chi connectivity index (χ1n) is 9.96.